The van der Waals surface area contributed by atoms with Gasteiger partial charge in [0.2, 0.25) is 0 Å². The first kappa shape index (κ1) is 7.84. The van der Waals surface area contributed by atoms with Gasteiger partial charge in [-0.15, -0.1) is 0 Å². The molecule has 2 saturated carbocycles. The molecule has 2 nitrogen and oxygen atoms in total. The standard InChI is InChI=1S/C11H16O2/c1-10(2)7-3-4-11(10)6-9(12)13-8(11)5-7/h7-8H,3-6H2,1-2H3/t7-,8+,11+/m0/s1. The summed E-state index contributed by atoms with van der Waals surface area (Å²) in [6, 6.07) is 0. The monoisotopic (exact) mass is 180 g/mol. The van der Waals surface area contributed by atoms with E-state index in [0.29, 0.717) is 11.8 Å². The predicted molar refractivity (Wildman–Crippen MR) is 48.1 cm³/mol. The minimum Gasteiger partial charge on any atom is -0.462 e. The molecule has 0 radical (unpaired) electrons. The lowest BCUT2D eigenvalue weighted by Gasteiger charge is -2.35. The molecular weight excluding hydrogens is 164 g/mol. The molecule has 72 valence electrons. The molecule has 1 aliphatic heterocycles. The first-order chi connectivity index (χ1) is 6.06. The van der Waals surface area contributed by atoms with Gasteiger partial charge in [0.15, 0.2) is 0 Å². The van der Waals surface area contributed by atoms with E-state index in [1.807, 2.05) is 0 Å². The van der Waals surface area contributed by atoms with Crippen molar-refractivity contribution in [1.82, 2.24) is 0 Å². The molecule has 3 aliphatic rings. The van der Waals surface area contributed by atoms with Crippen molar-refractivity contribution < 1.29 is 9.53 Å². The normalized spacial score (nSPS) is 50.8. The highest BCUT2D eigenvalue weighted by Gasteiger charge is 2.68. The van der Waals surface area contributed by atoms with Crippen molar-refractivity contribution in [3.8, 4) is 0 Å². The summed E-state index contributed by atoms with van der Waals surface area (Å²) in [5.41, 5.74) is 0.554. The summed E-state index contributed by atoms with van der Waals surface area (Å²) in [5, 5.41) is 0. The Morgan fingerprint density at radius 1 is 1.46 bits per heavy atom. The van der Waals surface area contributed by atoms with E-state index in [-0.39, 0.29) is 17.5 Å². The maximum atomic E-state index is 11.3. The van der Waals surface area contributed by atoms with Crippen LogP contribution in [-0.4, -0.2) is 12.1 Å². The highest BCUT2D eigenvalue weighted by atomic mass is 16.6. The summed E-state index contributed by atoms with van der Waals surface area (Å²) in [6.07, 6.45) is 4.58. The number of esters is 1. The average Bonchev–Trinajstić information content (AvgIpc) is 2.55. The Bertz CT molecular complexity index is 282. The first-order valence-electron chi connectivity index (χ1n) is 5.26. The molecule has 0 aromatic rings. The number of hydrogen-bond acceptors (Lipinski definition) is 2. The fourth-order valence-electron chi connectivity index (χ4n) is 4.04. The number of rotatable bonds is 0. The van der Waals surface area contributed by atoms with Gasteiger partial charge in [-0.2, -0.15) is 0 Å². The van der Waals surface area contributed by atoms with Crippen LogP contribution in [0.25, 0.3) is 0 Å². The van der Waals surface area contributed by atoms with Crippen molar-refractivity contribution in [1.29, 1.82) is 0 Å². The molecule has 3 fully saturated rings. The van der Waals surface area contributed by atoms with Crippen LogP contribution in [0.5, 0.6) is 0 Å². The lowest BCUT2D eigenvalue weighted by molar-refractivity contribution is -0.142. The summed E-state index contributed by atoms with van der Waals surface area (Å²) >= 11 is 0. The van der Waals surface area contributed by atoms with E-state index in [1.165, 1.54) is 12.8 Å². The first-order valence-corrected chi connectivity index (χ1v) is 5.26. The average molecular weight is 180 g/mol. The maximum Gasteiger partial charge on any atom is 0.306 e. The third-order valence-corrected chi connectivity index (χ3v) is 5.09. The van der Waals surface area contributed by atoms with Crippen LogP contribution in [0, 0.1) is 16.7 Å². The Labute approximate surface area is 78.6 Å². The molecule has 0 aromatic carbocycles. The molecule has 3 atom stereocenters. The summed E-state index contributed by atoms with van der Waals surface area (Å²) in [4.78, 5) is 11.3. The largest absolute Gasteiger partial charge is 0.462 e. The molecule has 2 bridgehead atoms. The number of ether oxygens (including phenoxy) is 1. The quantitative estimate of drug-likeness (QED) is 0.534. The Kier molecular flexibility index (Phi) is 1.17. The number of carbonyl (C=O) groups excluding carboxylic acids is 1. The second kappa shape index (κ2) is 1.94. The highest BCUT2D eigenvalue weighted by molar-refractivity contribution is 5.74. The van der Waals surface area contributed by atoms with Crippen LogP contribution in [0.15, 0.2) is 0 Å². The SMILES string of the molecule is CC1(C)[C@H]2CC[C@]13CC(=O)O[C@@H]3C2. The zero-order valence-electron chi connectivity index (χ0n) is 8.30. The van der Waals surface area contributed by atoms with Gasteiger partial charge in [-0.25, -0.2) is 0 Å². The van der Waals surface area contributed by atoms with Crippen molar-refractivity contribution in [3.63, 3.8) is 0 Å². The number of fused-ring (bicyclic) bond motifs is 1. The molecule has 13 heavy (non-hydrogen) atoms. The van der Waals surface area contributed by atoms with Gasteiger partial charge in [-0.3, -0.25) is 4.79 Å². The van der Waals surface area contributed by atoms with Gasteiger partial charge in [-0.1, -0.05) is 13.8 Å². The third-order valence-electron chi connectivity index (χ3n) is 5.09. The smallest absolute Gasteiger partial charge is 0.306 e. The zero-order valence-corrected chi connectivity index (χ0v) is 8.30. The summed E-state index contributed by atoms with van der Waals surface area (Å²) in [6.45, 7) is 4.65. The van der Waals surface area contributed by atoms with E-state index in [0.717, 1.165) is 12.3 Å². The van der Waals surface area contributed by atoms with Crippen molar-refractivity contribution in [2.75, 3.05) is 0 Å². The zero-order chi connectivity index (χ0) is 9.27. The summed E-state index contributed by atoms with van der Waals surface area (Å²) < 4.78 is 5.41. The van der Waals surface area contributed by atoms with Crippen LogP contribution in [-0.2, 0) is 9.53 Å². The molecule has 2 heteroatoms. The van der Waals surface area contributed by atoms with Crippen molar-refractivity contribution >= 4 is 5.97 Å². The highest BCUT2D eigenvalue weighted by Crippen LogP contribution is 2.70. The predicted octanol–water partition coefficient (Wildman–Crippen LogP) is 2.13. The molecular formula is C11H16O2. The minimum absolute atomic E-state index is 0.0402. The van der Waals surface area contributed by atoms with Crippen molar-refractivity contribution in [3.05, 3.63) is 0 Å². The molecule has 2 aliphatic carbocycles. The van der Waals surface area contributed by atoms with Gasteiger partial charge < -0.3 is 4.74 Å². The molecule has 0 unspecified atom stereocenters. The molecule has 0 amide bonds. The van der Waals surface area contributed by atoms with Gasteiger partial charge in [-0.05, 0) is 30.6 Å². The minimum atomic E-state index is 0.0402. The van der Waals surface area contributed by atoms with E-state index < -0.39 is 0 Å². The van der Waals surface area contributed by atoms with E-state index in [1.54, 1.807) is 0 Å². The van der Waals surface area contributed by atoms with Crippen LogP contribution in [0.2, 0.25) is 0 Å². The lowest BCUT2D eigenvalue weighted by Crippen LogP contribution is -2.34. The second-order valence-corrected chi connectivity index (χ2v) is 5.50. The molecule has 0 N–H and O–H groups in total. The molecule has 3 rings (SSSR count). The maximum absolute atomic E-state index is 11.3. The van der Waals surface area contributed by atoms with E-state index in [9.17, 15) is 4.79 Å². The van der Waals surface area contributed by atoms with Crippen LogP contribution in [0.3, 0.4) is 0 Å². The van der Waals surface area contributed by atoms with Crippen LogP contribution in [0.1, 0.15) is 39.5 Å². The second-order valence-electron chi connectivity index (χ2n) is 5.50. The Balaban J connectivity index is 2.09. The molecule has 1 spiro atoms. The van der Waals surface area contributed by atoms with Crippen molar-refractivity contribution in [2.45, 2.75) is 45.6 Å². The van der Waals surface area contributed by atoms with Crippen LogP contribution in [0.4, 0.5) is 0 Å². The number of hydrogen-bond donors (Lipinski definition) is 0. The van der Waals surface area contributed by atoms with Gasteiger partial charge >= 0.3 is 5.97 Å². The van der Waals surface area contributed by atoms with Crippen LogP contribution < -0.4 is 0 Å². The van der Waals surface area contributed by atoms with Gasteiger partial charge in [0.05, 0.1) is 6.42 Å². The Hall–Kier alpha value is -0.530. The Morgan fingerprint density at radius 2 is 2.23 bits per heavy atom. The number of carbonyl (C=O) groups is 1. The van der Waals surface area contributed by atoms with E-state index in [2.05, 4.69) is 13.8 Å². The van der Waals surface area contributed by atoms with E-state index >= 15 is 0 Å². The molecule has 0 aromatic heterocycles. The van der Waals surface area contributed by atoms with Gasteiger partial charge in [0, 0.05) is 5.41 Å². The summed E-state index contributed by atoms with van der Waals surface area (Å²) in [7, 11) is 0. The fourth-order valence-corrected chi connectivity index (χ4v) is 4.04. The fraction of sp³-hybridized carbons (Fsp3) is 0.909. The van der Waals surface area contributed by atoms with Crippen molar-refractivity contribution in [2.24, 2.45) is 16.7 Å². The lowest BCUT2D eigenvalue weighted by atomic mass is 9.67. The van der Waals surface area contributed by atoms with Gasteiger partial charge in [0.25, 0.3) is 0 Å². The molecule has 1 heterocycles. The van der Waals surface area contributed by atoms with Crippen LogP contribution >= 0.6 is 0 Å². The molecule has 1 saturated heterocycles. The summed E-state index contributed by atoms with van der Waals surface area (Å²) in [5.74, 6) is 0.837. The topological polar surface area (TPSA) is 26.3 Å². The van der Waals surface area contributed by atoms with E-state index in [4.69, 9.17) is 4.74 Å². The van der Waals surface area contributed by atoms with Gasteiger partial charge in [0.1, 0.15) is 6.10 Å². The third kappa shape index (κ3) is 0.660. The Morgan fingerprint density at radius 3 is 2.85 bits per heavy atom.